The van der Waals surface area contributed by atoms with E-state index >= 15 is 0 Å². The lowest BCUT2D eigenvalue weighted by molar-refractivity contribution is 0.0928. The first-order valence-electron chi connectivity index (χ1n) is 8.97. The summed E-state index contributed by atoms with van der Waals surface area (Å²) < 4.78 is 10.6. The molecule has 2 heterocycles. The van der Waals surface area contributed by atoms with E-state index in [-0.39, 0.29) is 6.07 Å². The minimum Gasteiger partial charge on any atom is -0.477 e. The van der Waals surface area contributed by atoms with Gasteiger partial charge >= 0.3 is 0 Å². The van der Waals surface area contributed by atoms with Crippen LogP contribution in [0.25, 0.3) is 10.9 Å². The molecule has 2 N–H and O–H groups in total. The van der Waals surface area contributed by atoms with Gasteiger partial charge in [0.2, 0.25) is 5.91 Å². The van der Waals surface area contributed by atoms with Gasteiger partial charge in [-0.1, -0.05) is 11.6 Å². The molecule has 0 radical (unpaired) electrons. The lowest BCUT2D eigenvalue weighted by atomic mass is 10.0. The molecule has 0 aliphatic carbocycles. The predicted octanol–water partition coefficient (Wildman–Crippen LogP) is 1.67. The molecule has 7 nitrogen and oxygen atoms in total. The molecular formula is C19H25ClN4O3. The largest absolute Gasteiger partial charge is 0.477 e. The highest BCUT2D eigenvalue weighted by molar-refractivity contribution is 6.17. The second-order valence-corrected chi connectivity index (χ2v) is 6.75. The van der Waals surface area contributed by atoms with Gasteiger partial charge < -0.3 is 15.2 Å². The van der Waals surface area contributed by atoms with Crippen molar-refractivity contribution in [3.8, 4) is 5.75 Å². The van der Waals surface area contributed by atoms with Gasteiger partial charge in [0.1, 0.15) is 5.75 Å². The van der Waals surface area contributed by atoms with Crippen LogP contribution in [0.4, 0.5) is 0 Å². The summed E-state index contributed by atoms with van der Waals surface area (Å²) in [4.78, 5) is 21.3. The fourth-order valence-corrected chi connectivity index (χ4v) is 3.56. The van der Waals surface area contributed by atoms with Crippen molar-refractivity contribution >= 4 is 28.4 Å². The van der Waals surface area contributed by atoms with Crippen LogP contribution in [0.2, 0.25) is 0 Å². The number of nitrogens with two attached hydrogens (primary N) is 1. The number of carbonyl (C=O) groups excluding carboxylic acids is 1. The first kappa shape index (κ1) is 19.8. The number of halogens is 1. The average molecular weight is 393 g/mol. The number of benzene rings is 1. The third-order valence-electron chi connectivity index (χ3n) is 4.89. The van der Waals surface area contributed by atoms with E-state index in [2.05, 4.69) is 14.8 Å². The molecule has 27 heavy (non-hydrogen) atoms. The number of hydrogen-bond acceptors (Lipinski definition) is 6. The molecule has 0 spiro atoms. The molecule has 8 heteroatoms. The molecule has 1 aromatic carbocycles. The number of nitrogens with zero attached hydrogens (tertiary/aromatic N) is 3. The maximum absolute atomic E-state index is 12.1. The molecule has 0 atom stereocenters. The van der Waals surface area contributed by atoms with Crippen LogP contribution < -0.4 is 10.5 Å². The smallest absolute Gasteiger partial charge is 0.249 e. The highest BCUT2D eigenvalue weighted by Crippen LogP contribution is 2.31. The summed E-state index contributed by atoms with van der Waals surface area (Å²) in [6.07, 6.45) is 1.71. The van der Waals surface area contributed by atoms with E-state index in [1.165, 1.54) is 0 Å². The van der Waals surface area contributed by atoms with Gasteiger partial charge in [-0.15, -0.1) is 0 Å². The maximum atomic E-state index is 12.1. The monoisotopic (exact) mass is 392 g/mol. The number of methoxy groups -OCH3 is 1. The molecule has 1 aromatic heterocycles. The molecule has 0 unspecified atom stereocenters. The van der Waals surface area contributed by atoms with Crippen LogP contribution in [0.5, 0.6) is 5.75 Å². The van der Waals surface area contributed by atoms with Crippen LogP contribution >= 0.6 is 11.6 Å². The molecule has 1 aliphatic heterocycles. The number of primary amides is 1. The van der Waals surface area contributed by atoms with Gasteiger partial charge in [-0.2, -0.15) is 0 Å². The van der Waals surface area contributed by atoms with Crippen molar-refractivity contribution in [3.63, 3.8) is 0 Å². The fraction of sp³-hybridized carbons (Fsp3) is 0.474. The minimum atomic E-state index is -0.490. The van der Waals surface area contributed by atoms with Crippen LogP contribution in [0.15, 0.2) is 24.4 Å². The molecule has 1 amide bonds. The fourth-order valence-electron chi connectivity index (χ4n) is 3.44. The Morgan fingerprint density at radius 3 is 2.70 bits per heavy atom. The summed E-state index contributed by atoms with van der Waals surface area (Å²) in [5.41, 5.74) is 7.66. The van der Waals surface area contributed by atoms with Crippen LogP contribution in [-0.4, -0.2) is 73.2 Å². The van der Waals surface area contributed by atoms with Gasteiger partial charge in [0.05, 0.1) is 12.1 Å². The third kappa shape index (κ3) is 4.68. The lowest BCUT2D eigenvalue weighted by Crippen LogP contribution is -2.47. The zero-order valence-corrected chi connectivity index (χ0v) is 16.2. The number of rotatable bonds is 8. The number of ether oxygens (including phenoxy) is 2. The van der Waals surface area contributed by atoms with E-state index < -0.39 is 5.91 Å². The zero-order chi connectivity index (χ0) is 19.2. The van der Waals surface area contributed by atoms with Gasteiger partial charge in [-0.3, -0.25) is 19.6 Å². The number of fused-ring (bicyclic) bond motifs is 1. The van der Waals surface area contributed by atoms with Crippen molar-refractivity contribution in [2.24, 2.45) is 5.73 Å². The van der Waals surface area contributed by atoms with Gasteiger partial charge in [0, 0.05) is 69.1 Å². The van der Waals surface area contributed by atoms with Gasteiger partial charge in [-0.05, 0) is 18.2 Å². The van der Waals surface area contributed by atoms with Crippen molar-refractivity contribution in [2.45, 2.75) is 6.54 Å². The number of aromatic nitrogens is 1. The first-order chi connectivity index (χ1) is 13.1. The number of alkyl halides is 1. The standard InChI is InChI=1S/C19H25ClN4O3/c1-26-10-9-23-5-7-24(8-6-23)12-16-15(19(21)25)11-17(27-13-20)14-3-2-4-22-18(14)16/h2-4,11H,5-10,12-13H2,1H3,(H2,21,25). The number of amides is 1. The third-order valence-corrected chi connectivity index (χ3v) is 5.00. The molecule has 1 aliphatic rings. The van der Waals surface area contributed by atoms with E-state index in [1.54, 1.807) is 19.4 Å². The van der Waals surface area contributed by atoms with Crippen molar-refractivity contribution in [2.75, 3.05) is 52.5 Å². The molecule has 146 valence electrons. The Kier molecular flexibility index (Phi) is 6.84. The second-order valence-electron chi connectivity index (χ2n) is 6.53. The summed E-state index contributed by atoms with van der Waals surface area (Å²) >= 11 is 5.73. The summed E-state index contributed by atoms with van der Waals surface area (Å²) in [5.74, 6) is 0.0331. The Balaban J connectivity index is 1.86. The summed E-state index contributed by atoms with van der Waals surface area (Å²) in [6, 6.07) is 5.43. The number of hydrogen-bond donors (Lipinski definition) is 1. The number of pyridine rings is 1. The summed E-state index contributed by atoms with van der Waals surface area (Å²) in [6.45, 7) is 6.05. The Bertz CT molecular complexity index is 794. The summed E-state index contributed by atoms with van der Waals surface area (Å²) in [5, 5.41) is 0.830. The van der Waals surface area contributed by atoms with Gasteiger partial charge in [-0.25, -0.2) is 0 Å². The number of carbonyl (C=O) groups is 1. The van der Waals surface area contributed by atoms with Gasteiger partial charge in [0.25, 0.3) is 0 Å². The van der Waals surface area contributed by atoms with E-state index in [0.717, 1.165) is 55.8 Å². The molecule has 1 fully saturated rings. The topological polar surface area (TPSA) is 80.9 Å². The van der Waals surface area contributed by atoms with Crippen molar-refractivity contribution in [1.29, 1.82) is 0 Å². The van der Waals surface area contributed by atoms with Crippen LogP contribution in [-0.2, 0) is 11.3 Å². The molecule has 1 saturated heterocycles. The Morgan fingerprint density at radius 1 is 1.30 bits per heavy atom. The van der Waals surface area contributed by atoms with E-state index in [9.17, 15) is 4.79 Å². The molecular weight excluding hydrogens is 368 g/mol. The van der Waals surface area contributed by atoms with Crippen LogP contribution in [0, 0.1) is 0 Å². The zero-order valence-electron chi connectivity index (χ0n) is 15.5. The molecule has 2 aromatic rings. The summed E-state index contributed by atoms with van der Waals surface area (Å²) in [7, 11) is 1.72. The van der Waals surface area contributed by atoms with E-state index in [1.807, 2.05) is 12.1 Å². The maximum Gasteiger partial charge on any atom is 0.249 e. The number of piperazine rings is 1. The van der Waals surface area contributed by atoms with Gasteiger partial charge in [0.15, 0.2) is 6.07 Å². The lowest BCUT2D eigenvalue weighted by Gasteiger charge is -2.35. The second kappa shape index (κ2) is 9.32. The van der Waals surface area contributed by atoms with E-state index in [0.29, 0.717) is 17.9 Å². The first-order valence-corrected chi connectivity index (χ1v) is 9.50. The van der Waals surface area contributed by atoms with Crippen molar-refractivity contribution in [3.05, 3.63) is 35.5 Å². The van der Waals surface area contributed by atoms with Crippen molar-refractivity contribution < 1.29 is 14.3 Å². The predicted molar refractivity (Wildman–Crippen MR) is 105 cm³/mol. The van der Waals surface area contributed by atoms with E-state index in [4.69, 9.17) is 26.8 Å². The normalized spacial score (nSPS) is 15.9. The van der Waals surface area contributed by atoms with Crippen LogP contribution in [0.3, 0.4) is 0 Å². The highest BCUT2D eigenvalue weighted by Gasteiger charge is 2.22. The highest BCUT2D eigenvalue weighted by atomic mass is 35.5. The quantitative estimate of drug-likeness (QED) is 0.688. The Hall–Kier alpha value is -1.93. The average Bonchev–Trinajstić information content (AvgIpc) is 2.69. The Morgan fingerprint density at radius 2 is 2.04 bits per heavy atom. The Labute approximate surface area is 164 Å². The molecule has 3 rings (SSSR count). The van der Waals surface area contributed by atoms with Crippen molar-refractivity contribution in [1.82, 2.24) is 14.8 Å². The van der Waals surface area contributed by atoms with Crippen LogP contribution in [0.1, 0.15) is 15.9 Å². The minimum absolute atomic E-state index is 0.00895. The molecule has 0 bridgehead atoms. The SMILES string of the molecule is COCCN1CCN(Cc2c(C(N)=O)cc(OCCl)c3cccnc23)CC1. The molecule has 0 saturated carbocycles.